The van der Waals surface area contributed by atoms with Crippen LogP contribution in [0.3, 0.4) is 0 Å². The smallest absolute Gasteiger partial charge is 0.251 e. The third-order valence-electron chi connectivity index (χ3n) is 5.10. The van der Waals surface area contributed by atoms with E-state index in [1.165, 1.54) is 0 Å². The van der Waals surface area contributed by atoms with Crippen molar-refractivity contribution in [3.63, 3.8) is 0 Å². The first-order chi connectivity index (χ1) is 13.3. The molecule has 0 saturated carbocycles. The van der Waals surface area contributed by atoms with Crippen molar-refractivity contribution < 1.29 is 9.53 Å². The number of benzene rings is 2. The lowest BCUT2D eigenvalue weighted by molar-refractivity contribution is 0.0486. The Morgan fingerprint density at radius 3 is 2.41 bits per heavy atom. The van der Waals surface area contributed by atoms with E-state index < -0.39 is 0 Å². The summed E-state index contributed by atoms with van der Waals surface area (Å²) in [6.45, 7) is 1.97. The van der Waals surface area contributed by atoms with Crippen molar-refractivity contribution in [2.45, 2.75) is 18.3 Å². The van der Waals surface area contributed by atoms with Gasteiger partial charge in [0.2, 0.25) is 0 Å². The van der Waals surface area contributed by atoms with E-state index in [0.717, 1.165) is 29.1 Å². The molecule has 5 heteroatoms. The molecule has 4 nitrogen and oxygen atoms in total. The molecule has 2 heterocycles. The molecule has 1 aliphatic rings. The molecule has 4 rings (SSSR count). The van der Waals surface area contributed by atoms with Gasteiger partial charge in [-0.15, -0.1) is 11.3 Å². The number of ether oxygens (including phenoxy) is 1. The summed E-state index contributed by atoms with van der Waals surface area (Å²) >= 11 is 1.68. The molecule has 1 N–H and O–H groups in total. The second kappa shape index (κ2) is 8.03. The van der Waals surface area contributed by atoms with Gasteiger partial charge in [0, 0.05) is 41.7 Å². The second-order valence-electron chi connectivity index (χ2n) is 6.85. The molecule has 138 valence electrons. The van der Waals surface area contributed by atoms with E-state index in [-0.39, 0.29) is 11.3 Å². The van der Waals surface area contributed by atoms with E-state index in [0.29, 0.717) is 25.3 Å². The van der Waals surface area contributed by atoms with Gasteiger partial charge in [0.1, 0.15) is 5.01 Å². The second-order valence-corrected chi connectivity index (χ2v) is 7.70. The minimum atomic E-state index is -0.166. The Morgan fingerprint density at radius 1 is 1.04 bits per heavy atom. The quantitative estimate of drug-likeness (QED) is 0.721. The van der Waals surface area contributed by atoms with Crippen LogP contribution in [0.5, 0.6) is 0 Å². The fourth-order valence-corrected chi connectivity index (χ4v) is 4.52. The lowest BCUT2D eigenvalue weighted by Crippen LogP contribution is -2.44. The van der Waals surface area contributed by atoms with E-state index in [1.807, 2.05) is 48.5 Å². The molecule has 1 fully saturated rings. The lowest BCUT2D eigenvalue weighted by atomic mass is 9.80. The van der Waals surface area contributed by atoms with E-state index in [2.05, 4.69) is 22.8 Å². The molecule has 0 atom stereocenters. The first-order valence-corrected chi connectivity index (χ1v) is 10.1. The van der Waals surface area contributed by atoms with Crippen LogP contribution in [0, 0.1) is 0 Å². The third-order valence-corrected chi connectivity index (χ3v) is 6.19. The van der Waals surface area contributed by atoms with Gasteiger partial charge in [-0.05, 0) is 25.0 Å². The molecule has 0 spiro atoms. The number of rotatable bonds is 5. The van der Waals surface area contributed by atoms with Gasteiger partial charge < -0.3 is 10.1 Å². The van der Waals surface area contributed by atoms with Gasteiger partial charge in [0.05, 0.1) is 5.69 Å². The van der Waals surface area contributed by atoms with Gasteiger partial charge in [-0.3, -0.25) is 4.79 Å². The Balaban J connectivity index is 1.56. The largest absolute Gasteiger partial charge is 0.381 e. The standard InChI is InChI=1S/C22H22N2O2S/c25-20(18-9-5-2-6-10-18)23-16-22(11-13-26-14-12-22)21-24-19(15-27-21)17-7-3-1-4-8-17/h1-10,15H,11-14,16H2,(H,23,25). The summed E-state index contributed by atoms with van der Waals surface area (Å²) < 4.78 is 5.59. The molecule has 1 amide bonds. The fourth-order valence-electron chi connectivity index (χ4n) is 3.43. The van der Waals surface area contributed by atoms with Gasteiger partial charge >= 0.3 is 0 Å². The van der Waals surface area contributed by atoms with Gasteiger partial charge in [0.25, 0.3) is 5.91 Å². The van der Waals surface area contributed by atoms with Crippen molar-refractivity contribution in [3.05, 3.63) is 76.6 Å². The predicted molar refractivity (Wildman–Crippen MR) is 108 cm³/mol. The highest BCUT2D eigenvalue weighted by molar-refractivity contribution is 7.10. The Hall–Kier alpha value is -2.50. The maximum atomic E-state index is 12.5. The topological polar surface area (TPSA) is 51.2 Å². The third kappa shape index (κ3) is 3.94. The summed E-state index contributed by atoms with van der Waals surface area (Å²) in [6.07, 6.45) is 1.73. The van der Waals surface area contributed by atoms with Crippen LogP contribution in [0.2, 0.25) is 0 Å². The molecular formula is C22H22N2O2S. The van der Waals surface area contributed by atoms with E-state index in [1.54, 1.807) is 11.3 Å². The predicted octanol–water partition coefficient (Wildman–Crippen LogP) is 4.29. The zero-order chi connectivity index (χ0) is 18.5. The molecule has 1 aromatic heterocycles. The number of hydrogen-bond donors (Lipinski definition) is 1. The van der Waals surface area contributed by atoms with Gasteiger partial charge in [-0.25, -0.2) is 4.98 Å². The number of aromatic nitrogens is 1. The number of carbonyl (C=O) groups excluding carboxylic acids is 1. The van der Waals surface area contributed by atoms with Gasteiger partial charge in [-0.2, -0.15) is 0 Å². The Morgan fingerprint density at radius 2 is 1.70 bits per heavy atom. The summed E-state index contributed by atoms with van der Waals surface area (Å²) in [6, 6.07) is 19.6. The van der Waals surface area contributed by atoms with Crippen molar-refractivity contribution in [2.24, 2.45) is 0 Å². The number of hydrogen-bond acceptors (Lipinski definition) is 4. The number of amides is 1. The average Bonchev–Trinajstić information content (AvgIpc) is 3.25. The molecular weight excluding hydrogens is 356 g/mol. The number of carbonyl (C=O) groups is 1. The SMILES string of the molecule is O=C(NCC1(c2nc(-c3ccccc3)cs2)CCOCC1)c1ccccc1. The van der Waals surface area contributed by atoms with Gasteiger partial charge in [-0.1, -0.05) is 48.5 Å². The summed E-state index contributed by atoms with van der Waals surface area (Å²) in [4.78, 5) is 17.5. The summed E-state index contributed by atoms with van der Waals surface area (Å²) in [7, 11) is 0. The fraction of sp³-hybridized carbons (Fsp3) is 0.273. The molecule has 0 aliphatic carbocycles. The molecule has 2 aromatic carbocycles. The van der Waals surface area contributed by atoms with Gasteiger partial charge in [0.15, 0.2) is 0 Å². The van der Waals surface area contributed by atoms with Crippen molar-refractivity contribution >= 4 is 17.2 Å². The number of thiazole rings is 1. The molecule has 0 bridgehead atoms. The Kier molecular flexibility index (Phi) is 5.32. The van der Waals surface area contributed by atoms with Crippen LogP contribution in [0.4, 0.5) is 0 Å². The Labute approximate surface area is 163 Å². The highest BCUT2D eigenvalue weighted by Crippen LogP contribution is 2.37. The van der Waals surface area contributed by atoms with Crippen LogP contribution in [-0.4, -0.2) is 30.6 Å². The van der Waals surface area contributed by atoms with Crippen LogP contribution in [0.25, 0.3) is 11.3 Å². The zero-order valence-electron chi connectivity index (χ0n) is 15.1. The van der Waals surface area contributed by atoms with Crippen LogP contribution in [0.15, 0.2) is 66.0 Å². The molecule has 27 heavy (non-hydrogen) atoms. The van der Waals surface area contributed by atoms with Crippen molar-refractivity contribution in [2.75, 3.05) is 19.8 Å². The van der Waals surface area contributed by atoms with Crippen LogP contribution >= 0.6 is 11.3 Å². The normalized spacial score (nSPS) is 16.0. The number of nitrogens with zero attached hydrogens (tertiary/aromatic N) is 1. The summed E-state index contributed by atoms with van der Waals surface area (Å²) in [5, 5.41) is 6.32. The van der Waals surface area contributed by atoms with Crippen molar-refractivity contribution in [3.8, 4) is 11.3 Å². The highest BCUT2D eigenvalue weighted by Gasteiger charge is 2.37. The molecule has 1 aliphatic heterocycles. The molecule has 3 aromatic rings. The number of nitrogens with one attached hydrogen (secondary N) is 1. The Bertz CT molecular complexity index is 887. The average molecular weight is 378 g/mol. The monoisotopic (exact) mass is 378 g/mol. The molecule has 0 unspecified atom stereocenters. The highest BCUT2D eigenvalue weighted by atomic mass is 32.1. The van der Waals surface area contributed by atoms with Crippen molar-refractivity contribution in [1.29, 1.82) is 0 Å². The first-order valence-electron chi connectivity index (χ1n) is 9.19. The van der Waals surface area contributed by atoms with Crippen molar-refractivity contribution in [1.82, 2.24) is 10.3 Å². The minimum absolute atomic E-state index is 0.0405. The van der Waals surface area contributed by atoms with Crippen LogP contribution in [0.1, 0.15) is 28.2 Å². The lowest BCUT2D eigenvalue weighted by Gasteiger charge is -2.35. The zero-order valence-corrected chi connectivity index (χ0v) is 15.9. The summed E-state index contributed by atoms with van der Waals surface area (Å²) in [5.41, 5.74) is 2.63. The molecule has 0 radical (unpaired) electrons. The molecule has 1 saturated heterocycles. The maximum absolute atomic E-state index is 12.5. The van der Waals surface area contributed by atoms with Crippen LogP contribution in [-0.2, 0) is 10.2 Å². The van der Waals surface area contributed by atoms with E-state index in [9.17, 15) is 4.79 Å². The van der Waals surface area contributed by atoms with E-state index >= 15 is 0 Å². The summed E-state index contributed by atoms with van der Waals surface area (Å²) in [5.74, 6) is -0.0405. The van der Waals surface area contributed by atoms with Crippen LogP contribution < -0.4 is 5.32 Å². The minimum Gasteiger partial charge on any atom is -0.381 e. The van der Waals surface area contributed by atoms with E-state index in [4.69, 9.17) is 9.72 Å². The first kappa shape index (κ1) is 17.9. The maximum Gasteiger partial charge on any atom is 0.251 e.